The van der Waals surface area contributed by atoms with E-state index >= 15 is 0 Å². The number of carbonyl (C=O) groups is 3. The van der Waals surface area contributed by atoms with Crippen LogP contribution >= 0.6 is 0 Å². The number of pyridine rings is 1. The number of ketones is 1. The Hall–Kier alpha value is -3.86. The van der Waals surface area contributed by atoms with Gasteiger partial charge in [0.1, 0.15) is 17.5 Å². The zero-order valence-corrected chi connectivity index (χ0v) is 21.1. The lowest BCUT2D eigenvalue weighted by Gasteiger charge is -2.32. The highest BCUT2D eigenvalue weighted by Crippen LogP contribution is 2.37. The van der Waals surface area contributed by atoms with Crippen molar-refractivity contribution in [2.24, 2.45) is 11.7 Å². The summed E-state index contributed by atoms with van der Waals surface area (Å²) in [7, 11) is 0. The van der Waals surface area contributed by atoms with E-state index in [-0.39, 0.29) is 29.8 Å². The second-order valence-electron chi connectivity index (χ2n) is 9.00. The summed E-state index contributed by atoms with van der Waals surface area (Å²) in [5.41, 5.74) is 7.66. The van der Waals surface area contributed by atoms with Crippen LogP contribution in [0.5, 0.6) is 5.88 Å². The van der Waals surface area contributed by atoms with Crippen LogP contribution in [0.4, 0.5) is 11.4 Å². The van der Waals surface area contributed by atoms with Crippen LogP contribution in [0.1, 0.15) is 44.2 Å². The fourth-order valence-electron chi connectivity index (χ4n) is 4.21. The van der Waals surface area contributed by atoms with Crippen LogP contribution in [-0.4, -0.2) is 53.4 Å². The van der Waals surface area contributed by atoms with Crippen LogP contribution in [0.15, 0.2) is 36.5 Å². The zero-order chi connectivity index (χ0) is 26.9. The van der Waals surface area contributed by atoms with Gasteiger partial charge < -0.3 is 24.9 Å². The van der Waals surface area contributed by atoms with E-state index in [9.17, 15) is 24.5 Å². The molecule has 11 nitrogen and oxygen atoms in total. The normalized spacial score (nSPS) is 14.6. The molecule has 1 fully saturated rings. The molecule has 1 saturated heterocycles. The molecule has 2 aromatic rings. The Morgan fingerprint density at radius 2 is 1.81 bits per heavy atom. The first-order valence-electron chi connectivity index (χ1n) is 12.3. The third-order valence-corrected chi connectivity index (χ3v) is 6.25. The molecule has 0 radical (unpaired) electrons. The lowest BCUT2D eigenvalue weighted by molar-refractivity contribution is -0.385. The fourth-order valence-corrected chi connectivity index (χ4v) is 4.21. The quantitative estimate of drug-likeness (QED) is 0.270. The van der Waals surface area contributed by atoms with E-state index in [0.29, 0.717) is 45.4 Å². The van der Waals surface area contributed by atoms with Crippen LogP contribution < -0.4 is 15.4 Å². The standard InChI is InChI=1S/C26H32N4O7/c1-3-36-25(32)20-11-14-29(15-12-20)22-10-13-28-24(23(22)30(34)35)37-26(33)21(27)16-19-8-6-18(7-9-19)5-4-17(2)31/h6-10,13,20-21H,3-5,11-12,14-16,27H2,1-2H3/t21-/m0/s1. The number of carbonyl (C=O) groups excluding carboxylic acids is 3. The molecule has 0 unspecified atom stereocenters. The average molecular weight is 513 g/mol. The molecular formula is C26H32N4O7. The number of aromatic nitrogens is 1. The molecule has 11 heteroatoms. The summed E-state index contributed by atoms with van der Waals surface area (Å²) in [6, 6.07) is 7.82. The van der Waals surface area contributed by atoms with Gasteiger partial charge in [-0.05, 0) is 56.7 Å². The van der Waals surface area contributed by atoms with Gasteiger partial charge in [0, 0.05) is 25.7 Å². The molecule has 0 aliphatic carbocycles. The molecule has 0 bridgehead atoms. The highest BCUT2D eigenvalue weighted by atomic mass is 16.6. The van der Waals surface area contributed by atoms with Crippen molar-refractivity contribution in [2.75, 3.05) is 24.6 Å². The number of esters is 2. The van der Waals surface area contributed by atoms with Crippen molar-refractivity contribution in [1.29, 1.82) is 0 Å². The molecule has 0 spiro atoms. The van der Waals surface area contributed by atoms with Gasteiger partial charge in [-0.1, -0.05) is 24.3 Å². The number of hydrogen-bond acceptors (Lipinski definition) is 10. The van der Waals surface area contributed by atoms with Gasteiger partial charge in [-0.25, -0.2) is 9.78 Å². The molecule has 1 atom stereocenters. The summed E-state index contributed by atoms with van der Waals surface area (Å²) in [5.74, 6) is -1.66. The van der Waals surface area contributed by atoms with E-state index in [0.717, 1.165) is 11.1 Å². The molecule has 0 amide bonds. The Bertz CT molecular complexity index is 1130. The predicted octanol–water partition coefficient (Wildman–Crippen LogP) is 2.77. The zero-order valence-electron chi connectivity index (χ0n) is 21.1. The van der Waals surface area contributed by atoms with Crippen molar-refractivity contribution in [3.8, 4) is 5.88 Å². The maximum absolute atomic E-state index is 12.7. The molecule has 0 saturated carbocycles. The van der Waals surface area contributed by atoms with Gasteiger partial charge in [0.15, 0.2) is 0 Å². The number of benzene rings is 1. The van der Waals surface area contributed by atoms with Crippen LogP contribution in [-0.2, 0) is 32.0 Å². The average Bonchev–Trinajstić information content (AvgIpc) is 2.88. The molecule has 1 aromatic carbocycles. The van der Waals surface area contributed by atoms with E-state index in [1.54, 1.807) is 18.7 Å². The number of Topliss-reactive ketones (excluding diaryl/α,β-unsaturated/α-hetero) is 1. The summed E-state index contributed by atoms with van der Waals surface area (Å²) in [6.07, 6.45) is 3.58. The Balaban J connectivity index is 1.66. The van der Waals surface area contributed by atoms with Gasteiger partial charge in [0.2, 0.25) is 0 Å². The maximum atomic E-state index is 12.7. The molecule has 198 valence electrons. The molecule has 1 aromatic heterocycles. The largest absolute Gasteiger partial charge is 0.466 e. The second-order valence-corrected chi connectivity index (χ2v) is 9.00. The van der Waals surface area contributed by atoms with Gasteiger partial charge in [0.25, 0.3) is 0 Å². The maximum Gasteiger partial charge on any atom is 0.354 e. The summed E-state index contributed by atoms with van der Waals surface area (Å²) >= 11 is 0. The number of aryl methyl sites for hydroxylation is 1. The van der Waals surface area contributed by atoms with Crippen LogP contribution in [0.2, 0.25) is 0 Å². The van der Waals surface area contributed by atoms with Crippen molar-refractivity contribution in [3.05, 3.63) is 57.8 Å². The highest BCUT2D eigenvalue weighted by molar-refractivity contribution is 5.80. The third kappa shape index (κ3) is 7.56. The van der Waals surface area contributed by atoms with Crippen molar-refractivity contribution >= 4 is 29.1 Å². The van der Waals surface area contributed by atoms with Gasteiger partial charge in [0.05, 0.1) is 17.4 Å². The predicted molar refractivity (Wildman–Crippen MR) is 135 cm³/mol. The van der Waals surface area contributed by atoms with Crippen molar-refractivity contribution < 1.29 is 28.8 Å². The topological polar surface area (TPSA) is 155 Å². The number of nitro groups is 1. The Morgan fingerprint density at radius 1 is 1.16 bits per heavy atom. The molecule has 2 heterocycles. The summed E-state index contributed by atoms with van der Waals surface area (Å²) in [6.45, 7) is 4.41. The number of nitrogens with two attached hydrogens (primary N) is 1. The minimum absolute atomic E-state index is 0.113. The monoisotopic (exact) mass is 512 g/mol. The third-order valence-electron chi connectivity index (χ3n) is 6.25. The van der Waals surface area contributed by atoms with E-state index in [4.69, 9.17) is 15.2 Å². The number of nitrogens with zero attached hydrogens (tertiary/aromatic N) is 3. The Kier molecular flexibility index (Phi) is 9.67. The molecule has 37 heavy (non-hydrogen) atoms. The first-order chi connectivity index (χ1) is 17.7. The molecule has 1 aliphatic rings. The smallest absolute Gasteiger partial charge is 0.354 e. The van der Waals surface area contributed by atoms with Crippen molar-refractivity contribution in [3.63, 3.8) is 0 Å². The molecule has 1 aliphatic heterocycles. The Morgan fingerprint density at radius 3 is 2.41 bits per heavy atom. The first kappa shape index (κ1) is 27.7. The van der Waals surface area contributed by atoms with Crippen molar-refractivity contribution in [2.45, 2.75) is 52.0 Å². The summed E-state index contributed by atoms with van der Waals surface area (Å²) < 4.78 is 10.4. The lowest BCUT2D eigenvalue weighted by Crippen LogP contribution is -2.38. The minimum Gasteiger partial charge on any atom is -0.466 e. The highest BCUT2D eigenvalue weighted by Gasteiger charge is 2.33. The van der Waals surface area contributed by atoms with Crippen LogP contribution in [0.3, 0.4) is 0 Å². The van der Waals surface area contributed by atoms with Crippen LogP contribution in [0.25, 0.3) is 0 Å². The fraction of sp³-hybridized carbons (Fsp3) is 0.462. The number of anilines is 1. The van der Waals surface area contributed by atoms with Gasteiger partial charge in [-0.2, -0.15) is 0 Å². The first-order valence-corrected chi connectivity index (χ1v) is 12.3. The number of hydrogen-bond donors (Lipinski definition) is 1. The van der Waals surface area contributed by atoms with E-state index in [1.807, 2.05) is 24.3 Å². The number of piperidine rings is 1. The minimum atomic E-state index is -1.06. The SMILES string of the molecule is CCOC(=O)C1CCN(c2ccnc(OC(=O)[C@@H](N)Cc3ccc(CCC(C)=O)cc3)c2[N+](=O)[O-])CC1. The van der Waals surface area contributed by atoms with E-state index in [1.165, 1.54) is 12.3 Å². The van der Waals surface area contributed by atoms with Gasteiger partial charge >= 0.3 is 23.5 Å². The Labute approximate surface area is 215 Å². The number of ether oxygens (including phenoxy) is 2. The van der Waals surface area contributed by atoms with Crippen molar-refractivity contribution in [1.82, 2.24) is 4.98 Å². The summed E-state index contributed by atoms with van der Waals surface area (Å²) in [4.78, 5) is 52.9. The number of rotatable bonds is 11. The lowest BCUT2D eigenvalue weighted by atomic mass is 9.96. The van der Waals surface area contributed by atoms with Crippen LogP contribution in [0, 0.1) is 16.0 Å². The van der Waals surface area contributed by atoms with E-state index in [2.05, 4.69) is 4.98 Å². The second kappa shape index (κ2) is 12.9. The molecule has 3 rings (SSSR count). The van der Waals surface area contributed by atoms with E-state index < -0.39 is 28.5 Å². The molecular weight excluding hydrogens is 480 g/mol. The van der Waals surface area contributed by atoms with Gasteiger partial charge in [-0.3, -0.25) is 14.9 Å². The molecule has 2 N–H and O–H groups in total. The summed E-state index contributed by atoms with van der Waals surface area (Å²) in [5, 5.41) is 11.9. The van der Waals surface area contributed by atoms with Gasteiger partial charge in [-0.15, -0.1) is 0 Å².